The molecule has 36 heavy (non-hydrogen) atoms. The largest absolute Gasteiger partial charge is 0.399 e. The van der Waals surface area contributed by atoms with E-state index in [1.807, 2.05) is 31.1 Å². The Morgan fingerprint density at radius 1 is 1.00 bits per heavy atom. The van der Waals surface area contributed by atoms with Crippen molar-refractivity contribution in [2.24, 2.45) is 0 Å². The minimum atomic E-state index is -0.660. The summed E-state index contributed by atoms with van der Waals surface area (Å²) >= 11 is 1.34. The number of benzene rings is 2. The summed E-state index contributed by atoms with van der Waals surface area (Å²) in [5.41, 5.74) is 9.13. The Hall–Kier alpha value is -3.89. The van der Waals surface area contributed by atoms with Gasteiger partial charge in [-0.05, 0) is 68.5 Å². The molecule has 4 aromatic rings. The van der Waals surface area contributed by atoms with Crippen molar-refractivity contribution in [3.63, 3.8) is 0 Å². The first-order valence-electron chi connectivity index (χ1n) is 11.2. The number of aryl methyl sites for hydroxylation is 1. The second-order valence-electron chi connectivity index (χ2n) is 8.54. The van der Waals surface area contributed by atoms with Crippen LogP contribution < -0.4 is 16.4 Å². The van der Waals surface area contributed by atoms with Gasteiger partial charge in [-0.2, -0.15) is 5.10 Å². The smallest absolute Gasteiger partial charge is 0.260 e. The van der Waals surface area contributed by atoms with Crippen molar-refractivity contribution >= 4 is 33.8 Å². The van der Waals surface area contributed by atoms with E-state index < -0.39 is 17.5 Å². The summed E-state index contributed by atoms with van der Waals surface area (Å²) in [4.78, 5) is 16.4. The van der Waals surface area contributed by atoms with Crippen molar-refractivity contribution in [3.05, 3.63) is 88.6 Å². The number of hydrogen-bond acceptors (Lipinski definition) is 7. The molecule has 0 unspecified atom stereocenters. The molecule has 0 spiro atoms. The molecule has 4 rings (SSSR count). The second-order valence-corrected chi connectivity index (χ2v) is 9.56. The number of amides is 1. The van der Waals surface area contributed by atoms with Gasteiger partial charge >= 0.3 is 0 Å². The number of nitrogen functional groups attached to an aromatic ring is 1. The molecule has 1 amide bonds. The van der Waals surface area contributed by atoms with Crippen LogP contribution in [0.4, 0.5) is 25.3 Å². The first-order chi connectivity index (χ1) is 17.2. The van der Waals surface area contributed by atoms with Crippen molar-refractivity contribution in [1.82, 2.24) is 15.1 Å². The number of carbonyl (C=O) groups excluding carboxylic acids is 1. The fraction of sp³-hybridized carbons (Fsp3) is 0.192. The van der Waals surface area contributed by atoms with Crippen molar-refractivity contribution < 1.29 is 13.6 Å². The van der Waals surface area contributed by atoms with Gasteiger partial charge in [0.2, 0.25) is 0 Å². The Morgan fingerprint density at radius 2 is 1.69 bits per heavy atom. The highest BCUT2D eigenvalue weighted by Crippen LogP contribution is 2.42. The zero-order valence-corrected chi connectivity index (χ0v) is 20.9. The number of nitrogens with zero attached hydrogens (tertiary/aromatic N) is 3. The minimum absolute atomic E-state index is 0.107. The topological polar surface area (TPSA) is 96.2 Å². The Balaban J connectivity index is 1.80. The summed E-state index contributed by atoms with van der Waals surface area (Å²) in [6.45, 7) is 2.12. The lowest BCUT2D eigenvalue weighted by atomic mass is 10.0. The Morgan fingerprint density at radius 3 is 2.31 bits per heavy atom. The first-order valence-corrected chi connectivity index (χ1v) is 12.0. The van der Waals surface area contributed by atoms with Crippen LogP contribution in [0.25, 0.3) is 10.4 Å². The molecule has 0 saturated heterocycles. The van der Waals surface area contributed by atoms with Gasteiger partial charge in [0.25, 0.3) is 5.91 Å². The molecule has 0 bridgehead atoms. The molecule has 2 heterocycles. The number of carbonyl (C=O) groups is 1. The van der Waals surface area contributed by atoms with Gasteiger partial charge in [0.1, 0.15) is 16.6 Å². The van der Waals surface area contributed by atoms with Gasteiger partial charge in [-0.25, -0.2) is 8.78 Å². The van der Waals surface area contributed by atoms with E-state index in [9.17, 15) is 13.6 Å². The summed E-state index contributed by atoms with van der Waals surface area (Å²) in [6, 6.07) is 14.5. The van der Waals surface area contributed by atoms with Crippen molar-refractivity contribution in [2.75, 3.05) is 30.5 Å². The molecule has 0 aliphatic heterocycles. The SMILES string of the molecule is Cc1ccc(NC(=O)c2c(NCc3c(F)cccc3F)sc(-c3ccc(N)cc3)c2CN(C)C)nn1. The fourth-order valence-corrected chi connectivity index (χ4v) is 4.89. The molecule has 0 radical (unpaired) electrons. The zero-order valence-electron chi connectivity index (χ0n) is 20.1. The lowest BCUT2D eigenvalue weighted by Gasteiger charge is -2.14. The van der Waals surface area contributed by atoms with Gasteiger partial charge in [-0.3, -0.25) is 4.79 Å². The number of nitrogens with two attached hydrogens (primary N) is 1. The van der Waals surface area contributed by atoms with E-state index >= 15 is 0 Å². The molecule has 4 N–H and O–H groups in total. The molecule has 10 heteroatoms. The molecule has 7 nitrogen and oxygen atoms in total. The third-order valence-electron chi connectivity index (χ3n) is 5.41. The van der Waals surface area contributed by atoms with Crippen LogP contribution >= 0.6 is 11.3 Å². The van der Waals surface area contributed by atoms with Crippen LogP contribution in [0.3, 0.4) is 0 Å². The first kappa shape index (κ1) is 25.2. The molecule has 0 fully saturated rings. The summed E-state index contributed by atoms with van der Waals surface area (Å²) in [5.74, 6) is -1.42. The van der Waals surface area contributed by atoms with Crippen molar-refractivity contribution in [1.29, 1.82) is 0 Å². The Labute approximate surface area is 212 Å². The Kier molecular flexibility index (Phi) is 7.56. The summed E-state index contributed by atoms with van der Waals surface area (Å²) < 4.78 is 28.6. The maximum absolute atomic E-state index is 14.3. The summed E-state index contributed by atoms with van der Waals surface area (Å²) in [7, 11) is 3.80. The monoisotopic (exact) mass is 508 g/mol. The summed E-state index contributed by atoms with van der Waals surface area (Å²) in [5, 5.41) is 14.4. The molecule has 0 aliphatic carbocycles. The van der Waals surface area contributed by atoms with Crippen molar-refractivity contribution in [3.8, 4) is 10.4 Å². The van der Waals surface area contributed by atoms with Gasteiger partial charge in [0.05, 0.1) is 11.3 Å². The quantitative estimate of drug-likeness (QED) is 0.280. The number of anilines is 3. The zero-order chi connectivity index (χ0) is 25.8. The van der Waals surface area contributed by atoms with E-state index in [0.717, 1.165) is 21.7 Å². The highest BCUT2D eigenvalue weighted by atomic mass is 32.1. The molecule has 0 aliphatic rings. The van der Waals surface area contributed by atoms with Gasteiger partial charge < -0.3 is 21.3 Å². The number of rotatable bonds is 8. The van der Waals surface area contributed by atoms with E-state index in [2.05, 4.69) is 20.8 Å². The van der Waals surface area contributed by atoms with Crippen LogP contribution in [0.2, 0.25) is 0 Å². The normalized spacial score (nSPS) is 11.1. The molecule has 186 valence electrons. The van der Waals surface area contributed by atoms with E-state index in [-0.39, 0.29) is 12.1 Å². The lowest BCUT2D eigenvalue weighted by Crippen LogP contribution is -2.19. The average Bonchev–Trinajstić information content (AvgIpc) is 3.18. The van der Waals surface area contributed by atoms with E-state index in [0.29, 0.717) is 28.6 Å². The number of aromatic nitrogens is 2. The third-order valence-corrected chi connectivity index (χ3v) is 6.65. The number of nitrogens with one attached hydrogen (secondary N) is 2. The van der Waals surface area contributed by atoms with Crippen LogP contribution in [0, 0.1) is 18.6 Å². The van der Waals surface area contributed by atoms with Crippen LogP contribution in [-0.2, 0) is 13.1 Å². The highest BCUT2D eigenvalue weighted by molar-refractivity contribution is 7.20. The molecule has 2 aromatic heterocycles. The number of halogens is 2. The van der Waals surface area contributed by atoms with Gasteiger partial charge in [0.15, 0.2) is 5.82 Å². The molecule has 2 aromatic carbocycles. The average molecular weight is 509 g/mol. The van der Waals surface area contributed by atoms with Crippen LogP contribution in [0.5, 0.6) is 0 Å². The van der Waals surface area contributed by atoms with E-state index in [1.165, 1.54) is 29.5 Å². The predicted molar refractivity (Wildman–Crippen MR) is 140 cm³/mol. The van der Waals surface area contributed by atoms with E-state index in [1.54, 1.807) is 31.2 Å². The molecule has 0 saturated carbocycles. The maximum Gasteiger partial charge on any atom is 0.260 e. The van der Waals surface area contributed by atoms with E-state index in [4.69, 9.17) is 5.73 Å². The maximum atomic E-state index is 14.3. The number of thiophene rings is 1. The van der Waals surface area contributed by atoms with Crippen molar-refractivity contribution in [2.45, 2.75) is 20.0 Å². The summed E-state index contributed by atoms with van der Waals surface area (Å²) in [6.07, 6.45) is 0. The lowest BCUT2D eigenvalue weighted by molar-refractivity contribution is 0.102. The van der Waals surface area contributed by atoms with Gasteiger partial charge in [0, 0.05) is 29.2 Å². The van der Waals surface area contributed by atoms with Crippen LogP contribution in [0.1, 0.15) is 27.2 Å². The third kappa shape index (κ3) is 5.67. The fourth-order valence-electron chi connectivity index (χ4n) is 3.68. The Bertz CT molecular complexity index is 1350. The molecular formula is C26H26F2N6OS. The molecular weight excluding hydrogens is 482 g/mol. The van der Waals surface area contributed by atoms with Gasteiger partial charge in [-0.15, -0.1) is 16.4 Å². The van der Waals surface area contributed by atoms with Crippen LogP contribution in [0.15, 0.2) is 54.6 Å². The second kappa shape index (κ2) is 10.8. The minimum Gasteiger partial charge on any atom is -0.399 e. The number of hydrogen-bond donors (Lipinski definition) is 3. The predicted octanol–water partition coefficient (Wildman–Crippen LogP) is 5.30. The molecule has 0 atom stereocenters. The van der Waals surface area contributed by atoms with Crippen LogP contribution in [-0.4, -0.2) is 35.1 Å². The van der Waals surface area contributed by atoms with Gasteiger partial charge in [-0.1, -0.05) is 18.2 Å². The highest BCUT2D eigenvalue weighted by Gasteiger charge is 2.26. The standard InChI is InChI=1S/C26H26F2N6OS/c1-15-7-12-22(33-32-15)31-25(35)23-19(14-34(2)3)24(16-8-10-17(29)11-9-16)36-26(23)30-13-18-20(27)5-4-6-21(18)28/h4-12,30H,13-14,29H2,1-3H3,(H,31,33,35).